The lowest BCUT2D eigenvalue weighted by molar-refractivity contribution is -0.124. The molecule has 1 atom stereocenters. The van der Waals surface area contributed by atoms with Crippen LogP contribution in [0.15, 0.2) is 33.9 Å². The second-order valence-corrected chi connectivity index (χ2v) is 7.90. The number of anilines is 3. The highest BCUT2D eigenvalue weighted by molar-refractivity contribution is 6.31. The van der Waals surface area contributed by atoms with Crippen LogP contribution in [0.1, 0.15) is 33.1 Å². The van der Waals surface area contributed by atoms with Gasteiger partial charge in [-0.1, -0.05) is 31.0 Å². The molecule has 3 N–H and O–H groups in total. The normalized spacial score (nSPS) is 16.0. The second kappa shape index (κ2) is 9.38. The van der Waals surface area contributed by atoms with Gasteiger partial charge in [0.05, 0.1) is 5.92 Å². The van der Waals surface area contributed by atoms with E-state index < -0.39 is 23.1 Å². The summed E-state index contributed by atoms with van der Waals surface area (Å²) in [5.41, 5.74) is 5.39. The Balaban J connectivity index is 1.91. The first-order valence-corrected chi connectivity index (χ1v) is 10.7. The third-order valence-corrected chi connectivity index (χ3v) is 5.63. The van der Waals surface area contributed by atoms with Crippen LogP contribution in [0.3, 0.4) is 0 Å². The van der Waals surface area contributed by atoms with Crippen LogP contribution >= 0.6 is 11.6 Å². The Bertz CT molecular complexity index is 1110. The molecule has 1 aromatic heterocycles. The van der Waals surface area contributed by atoms with Gasteiger partial charge in [-0.15, -0.1) is 0 Å². The Kier molecular flexibility index (Phi) is 6.84. The zero-order valence-corrected chi connectivity index (χ0v) is 18.3. The van der Waals surface area contributed by atoms with Gasteiger partial charge in [0.15, 0.2) is 5.69 Å². The molecule has 1 aromatic carbocycles. The lowest BCUT2D eigenvalue weighted by atomic mass is 10.1. The van der Waals surface area contributed by atoms with Crippen molar-refractivity contribution in [2.24, 2.45) is 5.92 Å². The second-order valence-electron chi connectivity index (χ2n) is 7.47. The standard InChI is InChI=1S/C21H26ClN5O4/c1-3-5-9-26-18(23)17(19(29)24-21(26)31)25(4-2)20(30)13-10-16(28)27(12-13)15-8-6-7-14(22)11-15/h6-8,11,13H,3-5,9-10,12,23H2,1-2H3,(H,24,29,31). The third-order valence-electron chi connectivity index (χ3n) is 5.40. The number of unbranched alkanes of at least 4 members (excludes halogenated alkanes) is 1. The average molecular weight is 448 g/mol. The molecule has 1 aliphatic rings. The minimum Gasteiger partial charge on any atom is -0.383 e. The number of rotatable bonds is 7. The highest BCUT2D eigenvalue weighted by atomic mass is 35.5. The fraction of sp³-hybridized carbons (Fsp3) is 0.429. The highest BCUT2D eigenvalue weighted by Crippen LogP contribution is 2.29. The summed E-state index contributed by atoms with van der Waals surface area (Å²) in [4.78, 5) is 55.7. The van der Waals surface area contributed by atoms with Crippen molar-refractivity contribution in [2.75, 3.05) is 28.6 Å². The van der Waals surface area contributed by atoms with Crippen molar-refractivity contribution < 1.29 is 9.59 Å². The molecule has 3 rings (SSSR count). The van der Waals surface area contributed by atoms with Gasteiger partial charge in [0, 0.05) is 36.8 Å². The van der Waals surface area contributed by atoms with Crippen molar-refractivity contribution >= 4 is 40.6 Å². The zero-order chi connectivity index (χ0) is 22.7. The number of hydrogen-bond acceptors (Lipinski definition) is 5. The maximum atomic E-state index is 13.3. The van der Waals surface area contributed by atoms with Gasteiger partial charge in [-0.05, 0) is 31.5 Å². The van der Waals surface area contributed by atoms with Crippen LogP contribution in [-0.2, 0) is 16.1 Å². The lowest BCUT2D eigenvalue weighted by Crippen LogP contribution is -2.44. The Hall–Kier alpha value is -3.07. The Labute approximate surface area is 184 Å². The first-order chi connectivity index (χ1) is 14.8. The SMILES string of the molecule is CCCCn1c(N)c(N(CC)C(=O)C2CC(=O)N(c3cccc(Cl)c3)C2)c(=O)[nH]c1=O. The van der Waals surface area contributed by atoms with E-state index in [1.807, 2.05) is 6.92 Å². The van der Waals surface area contributed by atoms with Crippen molar-refractivity contribution in [1.82, 2.24) is 9.55 Å². The molecule has 1 unspecified atom stereocenters. The molecule has 1 aliphatic heterocycles. The number of amides is 2. The van der Waals surface area contributed by atoms with E-state index in [2.05, 4.69) is 4.98 Å². The van der Waals surface area contributed by atoms with Crippen LogP contribution < -0.4 is 26.8 Å². The number of nitrogens with two attached hydrogens (primary N) is 1. The van der Waals surface area contributed by atoms with Crippen molar-refractivity contribution in [2.45, 2.75) is 39.7 Å². The van der Waals surface area contributed by atoms with Crippen molar-refractivity contribution in [3.05, 3.63) is 50.1 Å². The summed E-state index contributed by atoms with van der Waals surface area (Å²) in [7, 11) is 0. The number of carbonyl (C=O) groups excluding carboxylic acids is 2. The van der Waals surface area contributed by atoms with Crippen LogP contribution in [0.25, 0.3) is 0 Å². The van der Waals surface area contributed by atoms with Gasteiger partial charge in [0.2, 0.25) is 11.8 Å². The van der Waals surface area contributed by atoms with Gasteiger partial charge in [-0.3, -0.25) is 23.9 Å². The maximum absolute atomic E-state index is 13.3. The lowest BCUT2D eigenvalue weighted by Gasteiger charge is -2.25. The largest absolute Gasteiger partial charge is 0.383 e. The first kappa shape index (κ1) is 22.6. The van der Waals surface area contributed by atoms with E-state index in [9.17, 15) is 19.2 Å². The number of halogens is 1. The molecule has 2 amide bonds. The van der Waals surface area contributed by atoms with Gasteiger partial charge < -0.3 is 15.5 Å². The van der Waals surface area contributed by atoms with Crippen LogP contribution in [-0.4, -0.2) is 34.5 Å². The minimum atomic E-state index is -0.721. The quantitative estimate of drug-likeness (QED) is 0.672. The predicted molar refractivity (Wildman–Crippen MR) is 121 cm³/mol. The van der Waals surface area contributed by atoms with E-state index in [1.165, 1.54) is 14.4 Å². The minimum absolute atomic E-state index is 0.00906. The molecular weight excluding hydrogens is 422 g/mol. The molecule has 0 saturated carbocycles. The van der Waals surface area contributed by atoms with Gasteiger partial charge >= 0.3 is 5.69 Å². The van der Waals surface area contributed by atoms with Gasteiger partial charge in [-0.2, -0.15) is 0 Å². The van der Waals surface area contributed by atoms with Crippen molar-refractivity contribution in [3.63, 3.8) is 0 Å². The molecule has 0 spiro atoms. The number of nitrogens with one attached hydrogen (secondary N) is 1. The summed E-state index contributed by atoms with van der Waals surface area (Å²) < 4.78 is 1.27. The molecule has 9 nitrogen and oxygen atoms in total. The Morgan fingerprint density at radius 2 is 2.03 bits per heavy atom. The summed E-state index contributed by atoms with van der Waals surface area (Å²) in [6.07, 6.45) is 1.54. The molecule has 0 radical (unpaired) electrons. The van der Waals surface area contributed by atoms with E-state index >= 15 is 0 Å². The number of benzene rings is 1. The molecule has 0 aliphatic carbocycles. The molecule has 2 aromatic rings. The topological polar surface area (TPSA) is 121 Å². The summed E-state index contributed by atoms with van der Waals surface area (Å²) in [5, 5.41) is 0.490. The molecule has 1 saturated heterocycles. The number of hydrogen-bond donors (Lipinski definition) is 2. The summed E-state index contributed by atoms with van der Waals surface area (Å²) >= 11 is 6.03. The number of nitrogen functional groups attached to an aromatic ring is 1. The highest BCUT2D eigenvalue weighted by Gasteiger charge is 2.38. The van der Waals surface area contributed by atoms with E-state index in [-0.39, 0.29) is 36.9 Å². The smallest absolute Gasteiger partial charge is 0.330 e. The fourth-order valence-electron chi connectivity index (χ4n) is 3.79. The molecule has 31 heavy (non-hydrogen) atoms. The molecular formula is C21H26ClN5O4. The Morgan fingerprint density at radius 1 is 1.29 bits per heavy atom. The average Bonchev–Trinajstić information content (AvgIpc) is 3.12. The number of aromatic nitrogens is 2. The van der Waals surface area contributed by atoms with E-state index in [0.29, 0.717) is 23.7 Å². The van der Waals surface area contributed by atoms with Crippen molar-refractivity contribution in [3.8, 4) is 0 Å². The number of aromatic amines is 1. The molecule has 1 fully saturated rings. The van der Waals surface area contributed by atoms with Gasteiger partial charge in [-0.25, -0.2) is 4.79 Å². The number of H-pyrrole nitrogens is 1. The van der Waals surface area contributed by atoms with E-state index in [0.717, 1.165) is 6.42 Å². The maximum Gasteiger partial charge on any atom is 0.330 e. The molecule has 166 valence electrons. The Morgan fingerprint density at radius 3 is 2.68 bits per heavy atom. The number of carbonyl (C=O) groups is 2. The van der Waals surface area contributed by atoms with Gasteiger partial charge in [0.25, 0.3) is 5.56 Å². The van der Waals surface area contributed by atoms with Crippen LogP contribution in [0.5, 0.6) is 0 Å². The van der Waals surface area contributed by atoms with E-state index in [1.54, 1.807) is 31.2 Å². The van der Waals surface area contributed by atoms with Crippen LogP contribution in [0.2, 0.25) is 5.02 Å². The predicted octanol–water partition coefficient (Wildman–Crippen LogP) is 1.98. The first-order valence-electron chi connectivity index (χ1n) is 10.3. The summed E-state index contributed by atoms with van der Waals surface area (Å²) in [5.74, 6) is -1.29. The molecule has 10 heteroatoms. The monoisotopic (exact) mass is 447 g/mol. The van der Waals surface area contributed by atoms with Crippen LogP contribution in [0, 0.1) is 5.92 Å². The summed E-state index contributed by atoms with van der Waals surface area (Å²) in [6.45, 7) is 4.35. The summed E-state index contributed by atoms with van der Waals surface area (Å²) in [6, 6.07) is 6.85. The third kappa shape index (κ3) is 4.51. The fourth-order valence-corrected chi connectivity index (χ4v) is 3.97. The molecule has 2 heterocycles. The van der Waals surface area contributed by atoms with E-state index in [4.69, 9.17) is 17.3 Å². The number of nitrogens with zero attached hydrogens (tertiary/aromatic N) is 3. The van der Waals surface area contributed by atoms with Crippen molar-refractivity contribution in [1.29, 1.82) is 0 Å². The van der Waals surface area contributed by atoms with Gasteiger partial charge in [0.1, 0.15) is 5.82 Å². The zero-order valence-electron chi connectivity index (χ0n) is 17.6. The van der Waals surface area contributed by atoms with Crippen LogP contribution in [0.4, 0.5) is 17.2 Å². The molecule has 0 bridgehead atoms.